The van der Waals surface area contributed by atoms with E-state index in [1.165, 1.54) is 5.56 Å². The van der Waals surface area contributed by atoms with Crippen LogP contribution in [0.2, 0.25) is 0 Å². The smallest absolute Gasteiger partial charge is 0.229 e. The number of anilines is 3. The number of carbonyl (C=O) groups excluding carboxylic acids is 1. The Balaban J connectivity index is 1.42. The van der Waals surface area contributed by atoms with Gasteiger partial charge in [-0.1, -0.05) is 58.0 Å². The average Bonchev–Trinajstić information content (AvgIpc) is 3.39. The summed E-state index contributed by atoms with van der Waals surface area (Å²) in [5, 5.41) is 20.5. The molecule has 5 aromatic rings. The SMILES string of the molecule is CCN(CCO)CCc1cccc(Nc2nccc(-c3c(-c4ccc(NC(=O)C(C)(C)C)cc4)nn4ccccc34)n2)c1. The van der Waals surface area contributed by atoms with Crippen LogP contribution in [0.15, 0.2) is 85.2 Å². The maximum atomic E-state index is 12.5. The molecule has 2 aromatic carbocycles. The van der Waals surface area contributed by atoms with Gasteiger partial charge in [0.05, 0.1) is 23.4 Å². The third-order valence-electron chi connectivity index (χ3n) is 7.31. The number of pyridine rings is 1. The van der Waals surface area contributed by atoms with E-state index in [1.54, 1.807) is 6.20 Å². The number of aliphatic hydroxyl groups excluding tert-OH is 1. The van der Waals surface area contributed by atoms with E-state index in [-0.39, 0.29) is 12.5 Å². The Morgan fingerprint density at radius 2 is 1.79 bits per heavy atom. The van der Waals surface area contributed by atoms with Crippen LogP contribution in [0.1, 0.15) is 33.3 Å². The average molecular weight is 578 g/mol. The first-order valence-corrected chi connectivity index (χ1v) is 14.7. The van der Waals surface area contributed by atoms with Gasteiger partial charge in [-0.2, -0.15) is 5.10 Å². The molecule has 9 heteroatoms. The van der Waals surface area contributed by atoms with E-state index in [9.17, 15) is 9.90 Å². The third kappa shape index (κ3) is 7.25. The highest BCUT2D eigenvalue weighted by Gasteiger charge is 2.22. The van der Waals surface area contributed by atoms with Crippen molar-refractivity contribution in [1.82, 2.24) is 24.5 Å². The van der Waals surface area contributed by atoms with E-state index in [4.69, 9.17) is 10.1 Å². The Bertz CT molecular complexity index is 1690. The van der Waals surface area contributed by atoms with Crippen LogP contribution in [0.5, 0.6) is 0 Å². The number of nitrogens with one attached hydrogen (secondary N) is 2. The molecule has 0 atom stereocenters. The monoisotopic (exact) mass is 577 g/mol. The molecule has 1 amide bonds. The van der Waals surface area contributed by atoms with Crippen molar-refractivity contribution in [2.24, 2.45) is 5.41 Å². The quantitative estimate of drug-likeness (QED) is 0.176. The number of carbonyl (C=O) groups is 1. The highest BCUT2D eigenvalue weighted by atomic mass is 16.3. The van der Waals surface area contributed by atoms with Crippen molar-refractivity contribution in [2.45, 2.75) is 34.1 Å². The molecule has 9 nitrogen and oxygen atoms in total. The number of likely N-dealkylation sites (N-methyl/N-ethyl adjacent to an activating group) is 1. The van der Waals surface area contributed by atoms with E-state index >= 15 is 0 Å². The third-order valence-corrected chi connectivity index (χ3v) is 7.31. The second-order valence-corrected chi connectivity index (χ2v) is 11.5. The van der Waals surface area contributed by atoms with Crippen LogP contribution in [-0.4, -0.2) is 61.7 Å². The Hall–Kier alpha value is -4.60. The van der Waals surface area contributed by atoms with Crippen LogP contribution < -0.4 is 10.6 Å². The van der Waals surface area contributed by atoms with Gasteiger partial charge in [0.15, 0.2) is 0 Å². The Morgan fingerprint density at radius 1 is 0.977 bits per heavy atom. The van der Waals surface area contributed by atoms with Gasteiger partial charge in [0, 0.05) is 47.8 Å². The normalized spacial score (nSPS) is 11.7. The van der Waals surface area contributed by atoms with Crippen molar-refractivity contribution in [2.75, 3.05) is 36.9 Å². The lowest BCUT2D eigenvalue weighted by Gasteiger charge is -2.19. The molecule has 5 rings (SSSR count). The van der Waals surface area contributed by atoms with Gasteiger partial charge in [-0.3, -0.25) is 4.79 Å². The van der Waals surface area contributed by atoms with E-state index in [0.29, 0.717) is 12.5 Å². The Kier molecular flexibility index (Phi) is 9.13. The Morgan fingerprint density at radius 3 is 2.53 bits per heavy atom. The van der Waals surface area contributed by atoms with Gasteiger partial charge in [-0.25, -0.2) is 14.5 Å². The minimum atomic E-state index is -0.482. The second-order valence-electron chi connectivity index (χ2n) is 11.5. The number of rotatable bonds is 11. The molecule has 0 aliphatic carbocycles. The molecule has 0 spiro atoms. The summed E-state index contributed by atoms with van der Waals surface area (Å²) in [5.74, 6) is 0.455. The molecule has 0 aliphatic heterocycles. The van der Waals surface area contributed by atoms with Gasteiger partial charge in [-0.15, -0.1) is 0 Å². The minimum Gasteiger partial charge on any atom is -0.395 e. The summed E-state index contributed by atoms with van der Waals surface area (Å²) in [6.45, 7) is 10.4. The summed E-state index contributed by atoms with van der Waals surface area (Å²) in [7, 11) is 0. The fraction of sp³-hybridized carbons (Fsp3) is 0.294. The number of fused-ring (bicyclic) bond motifs is 1. The zero-order chi connectivity index (χ0) is 30.4. The zero-order valence-electron chi connectivity index (χ0n) is 25.2. The second kappa shape index (κ2) is 13.1. The van der Waals surface area contributed by atoms with E-state index in [2.05, 4.69) is 39.6 Å². The molecule has 0 fully saturated rings. The van der Waals surface area contributed by atoms with Crippen LogP contribution in [0.4, 0.5) is 17.3 Å². The van der Waals surface area contributed by atoms with Gasteiger partial charge in [0.2, 0.25) is 11.9 Å². The summed E-state index contributed by atoms with van der Waals surface area (Å²) in [4.78, 5) is 24.1. The highest BCUT2D eigenvalue weighted by molar-refractivity contribution is 5.95. The molecular formula is C34H39N7O2. The van der Waals surface area contributed by atoms with Crippen LogP contribution in [-0.2, 0) is 11.2 Å². The molecule has 0 radical (unpaired) electrons. The van der Waals surface area contributed by atoms with Crippen LogP contribution in [0.25, 0.3) is 28.0 Å². The maximum absolute atomic E-state index is 12.5. The molecule has 222 valence electrons. The van der Waals surface area contributed by atoms with Crippen LogP contribution in [0, 0.1) is 5.41 Å². The number of aliphatic hydroxyl groups is 1. The topological polar surface area (TPSA) is 108 Å². The minimum absolute atomic E-state index is 0.0372. The zero-order valence-corrected chi connectivity index (χ0v) is 25.2. The van der Waals surface area contributed by atoms with Crippen molar-refractivity contribution in [3.63, 3.8) is 0 Å². The first-order chi connectivity index (χ1) is 20.7. The molecule has 0 saturated carbocycles. The largest absolute Gasteiger partial charge is 0.395 e. The lowest BCUT2D eigenvalue weighted by Crippen LogP contribution is -2.28. The van der Waals surface area contributed by atoms with E-state index in [0.717, 1.165) is 58.9 Å². The number of hydrogen-bond acceptors (Lipinski definition) is 7. The van der Waals surface area contributed by atoms with Gasteiger partial charge in [-0.05, 0) is 61.0 Å². The van der Waals surface area contributed by atoms with Gasteiger partial charge in [0.1, 0.15) is 5.69 Å². The molecular weight excluding hydrogens is 538 g/mol. The van der Waals surface area contributed by atoms with Crippen LogP contribution >= 0.6 is 0 Å². The highest BCUT2D eigenvalue weighted by Crippen LogP contribution is 2.35. The molecule has 3 N–H and O–H groups in total. The summed E-state index contributed by atoms with van der Waals surface area (Å²) in [6, 6.07) is 23.9. The van der Waals surface area contributed by atoms with Gasteiger partial charge in [0.25, 0.3) is 0 Å². The van der Waals surface area contributed by atoms with E-state index in [1.807, 2.05) is 92.1 Å². The number of benzene rings is 2. The number of nitrogens with zero attached hydrogens (tertiary/aromatic N) is 5. The summed E-state index contributed by atoms with van der Waals surface area (Å²) in [6.07, 6.45) is 4.56. The predicted molar refractivity (Wildman–Crippen MR) is 172 cm³/mol. The van der Waals surface area contributed by atoms with Crippen molar-refractivity contribution in [3.8, 4) is 22.5 Å². The molecule has 0 aliphatic rings. The summed E-state index contributed by atoms with van der Waals surface area (Å²) in [5.41, 5.74) is 6.64. The molecule has 3 heterocycles. The first-order valence-electron chi connectivity index (χ1n) is 14.7. The lowest BCUT2D eigenvalue weighted by molar-refractivity contribution is -0.123. The van der Waals surface area contributed by atoms with Crippen molar-refractivity contribution in [1.29, 1.82) is 0 Å². The fourth-order valence-corrected chi connectivity index (χ4v) is 4.83. The van der Waals surface area contributed by atoms with Crippen LogP contribution in [0.3, 0.4) is 0 Å². The first kappa shape index (κ1) is 29.9. The summed E-state index contributed by atoms with van der Waals surface area (Å²) < 4.78 is 1.86. The number of amides is 1. The molecule has 0 unspecified atom stereocenters. The van der Waals surface area contributed by atoms with Gasteiger partial charge < -0.3 is 20.6 Å². The maximum Gasteiger partial charge on any atom is 0.229 e. The molecule has 43 heavy (non-hydrogen) atoms. The standard InChI is InChI=1S/C34H39N7O2/c1-5-40(21-22-42)20-17-24-9-8-10-27(23-24)37-33-35-18-16-28(38-33)30-29-11-6-7-19-41(29)39-31(30)25-12-14-26(15-13-25)36-32(43)34(2,3)4/h6-16,18-19,23,42H,5,17,20-22H2,1-4H3,(H,36,43)(H,35,37,38). The Labute approximate surface area is 252 Å². The molecule has 0 bridgehead atoms. The predicted octanol–water partition coefficient (Wildman–Crippen LogP) is 6.04. The molecule has 0 saturated heterocycles. The van der Waals surface area contributed by atoms with E-state index < -0.39 is 5.41 Å². The number of hydrogen-bond donors (Lipinski definition) is 3. The summed E-state index contributed by atoms with van der Waals surface area (Å²) >= 11 is 0. The van der Waals surface area contributed by atoms with Crippen molar-refractivity contribution < 1.29 is 9.90 Å². The van der Waals surface area contributed by atoms with Gasteiger partial charge >= 0.3 is 0 Å². The van der Waals surface area contributed by atoms with Crippen molar-refractivity contribution in [3.05, 3.63) is 90.8 Å². The fourth-order valence-electron chi connectivity index (χ4n) is 4.83. The lowest BCUT2D eigenvalue weighted by atomic mass is 9.95. The molecule has 3 aromatic heterocycles. The van der Waals surface area contributed by atoms with Crippen molar-refractivity contribution >= 4 is 28.7 Å². The number of aromatic nitrogens is 4.